The Labute approximate surface area is 179 Å². The molecule has 0 saturated carbocycles. The highest BCUT2D eigenvalue weighted by atomic mass is 32.2. The van der Waals surface area contributed by atoms with E-state index in [2.05, 4.69) is 10.2 Å². The minimum absolute atomic E-state index is 0.0284. The van der Waals surface area contributed by atoms with Gasteiger partial charge in [-0.2, -0.15) is 4.31 Å². The average molecular weight is 430 g/mol. The molecule has 1 saturated heterocycles. The van der Waals surface area contributed by atoms with Crippen LogP contribution in [0.25, 0.3) is 0 Å². The van der Waals surface area contributed by atoms with E-state index in [-0.39, 0.29) is 22.9 Å². The molecule has 0 aromatic heterocycles. The van der Waals surface area contributed by atoms with Crippen LogP contribution >= 0.6 is 0 Å². The predicted octanol–water partition coefficient (Wildman–Crippen LogP) is 3.17. The number of likely N-dealkylation sites (tertiary alicyclic amines) is 1. The fraction of sp³-hybridized carbons (Fsp3) is 0.435. The second kappa shape index (κ2) is 9.73. The molecule has 2 aromatic rings. The van der Waals surface area contributed by atoms with Gasteiger partial charge in [-0.15, -0.1) is 0 Å². The molecule has 3 rings (SSSR count). The van der Waals surface area contributed by atoms with Crippen LogP contribution in [0.4, 0.5) is 0 Å². The summed E-state index contributed by atoms with van der Waals surface area (Å²) >= 11 is 0. The van der Waals surface area contributed by atoms with Crippen molar-refractivity contribution in [3.8, 4) is 0 Å². The number of nitrogens with zero attached hydrogens (tertiary/aromatic N) is 2. The van der Waals surface area contributed by atoms with Gasteiger partial charge in [0.05, 0.1) is 4.90 Å². The van der Waals surface area contributed by atoms with Crippen molar-refractivity contribution in [1.29, 1.82) is 0 Å². The summed E-state index contributed by atoms with van der Waals surface area (Å²) in [6.07, 6.45) is 2.22. The quantitative estimate of drug-likeness (QED) is 0.700. The summed E-state index contributed by atoms with van der Waals surface area (Å²) in [4.78, 5) is 15.5. The van der Waals surface area contributed by atoms with E-state index in [0.29, 0.717) is 6.54 Å². The molecular formula is C23H31N3O3S. The SMILES string of the molecule is CC(C)N(C)S(=O)(=O)c1ccc(CNC(=O)C(c2ccccc2)N2CCCC2)cc1. The highest BCUT2D eigenvalue weighted by molar-refractivity contribution is 7.89. The summed E-state index contributed by atoms with van der Waals surface area (Å²) in [6, 6.07) is 16.2. The van der Waals surface area contributed by atoms with Crippen LogP contribution in [0.15, 0.2) is 59.5 Å². The van der Waals surface area contributed by atoms with Gasteiger partial charge in [0.2, 0.25) is 15.9 Å². The number of hydrogen-bond acceptors (Lipinski definition) is 4. The third-order valence-electron chi connectivity index (χ3n) is 5.66. The first-order valence-corrected chi connectivity index (χ1v) is 11.9. The molecule has 1 aliphatic heterocycles. The number of benzene rings is 2. The number of nitrogens with one attached hydrogen (secondary N) is 1. The maximum absolute atomic E-state index is 13.0. The molecule has 1 N–H and O–H groups in total. The van der Waals surface area contributed by atoms with Crippen molar-refractivity contribution in [1.82, 2.24) is 14.5 Å². The normalized spacial score (nSPS) is 16.2. The van der Waals surface area contributed by atoms with Crippen LogP contribution in [-0.2, 0) is 21.4 Å². The molecule has 1 unspecified atom stereocenters. The largest absolute Gasteiger partial charge is 0.350 e. The highest BCUT2D eigenvalue weighted by Gasteiger charge is 2.29. The summed E-state index contributed by atoms with van der Waals surface area (Å²) in [6.45, 7) is 5.87. The number of sulfonamides is 1. The Hall–Kier alpha value is -2.22. The van der Waals surface area contributed by atoms with Crippen LogP contribution in [-0.4, -0.2) is 49.7 Å². The molecule has 1 amide bonds. The maximum Gasteiger partial charge on any atom is 0.243 e. The molecule has 30 heavy (non-hydrogen) atoms. The molecule has 1 fully saturated rings. The number of carbonyl (C=O) groups is 1. The molecule has 1 heterocycles. The van der Waals surface area contributed by atoms with Crippen molar-refractivity contribution < 1.29 is 13.2 Å². The first-order chi connectivity index (χ1) is 14.3. The van der Waals surface area contributed by atoms with Gasteiger partial charge in [-0.3, -0.25) is 9.69 Å². The van der Waals surface area contributed by atoms with Crippen LogP contribution in [0.5, 0.6) is 0 Å². The average Bonchev–Trinajstić information content (AvgIpc) is 3.27. The molecular weight excluding hydrogens is 398 g/mol. The smallest absolute Gasteiger partial charge is 0.243 e. The Morgan fingerprint density at radius 1 is 1.03 bits per heavy atom. The predicted molar refractivity (Wildman–Crippen MR) is 118 cm³/mol. The first-order valence-electron chi connectivity index (χ1n) is 10.4. The van der Waals surface area contributed by atoms with Crippen LogP contribution in [0, 0.1) is 0 Å². The Morgan fingerprint density at radius 3 is 2.20 bits per heavy atom. The molecule has 162 valence electrons. The van der Waals surface area contributed by atoms with E-state index in [1.165, 1.54) is 4.31 Å². The summed E-state index contributed by atoms with van der Waals surface area (Å²) < 4.78 is 26.5. The molecule has 0 spiro atoms. The van der Waals surface area contributed by atoms with Gasteiger partial charge in [0.1, 0.15) is 6.04 Å². The molecule has 1 aliphatic rings. The molecule has 0 aliphatic carbocycles. The van der Waals surface area contributed by atoms with E-state index in [4.69, 9.17) is 0 Å². The van der Waals surface area contributed by atoms with Gasteiger partial charge in [0.15, 0.2) is 0 Å². The van der Waals surface area contributed by atoms with Crippen molar-refractivity contribution in [2.24, 2.45) is 0 Å². The van der Waals surface area contributed by atoms with E-state index in [1.807, 2.05) is 44.2 Å². The fourth-order valence-corrected chi connectivity index (χ4v) is 5.04. The molecule has 0 radical (unpaired) electrons. The molecule has 6 nitrogen and oxygen atoms in total. The lowest BCUT2D eigenvalue weighted by atomic mass is 10.0. The van der Waals surface area contributed by atoms with Gasteiger partial charge in [-0.05, 0) is 63.0 Å². The number of hydrogen-bond donors (Lipinski definition) is 1. The number of carbonyl (C=O) groups excluding carboxylic acids is 1. The topological polar surface area (TPSA) is 69.7 Å². The first kappa shape index (κ1) is 22.5. The molecule has 1 atom stereocenters. The van der Waals surface area contributed by atoms with Gasteiger partial charge < -0.3 is 5.32 Å². The van der Waals surface area contributed by atoms with Gasteiger partial charge in [-0.1, -0.05) is 42.5 Å². The monoisotopic (exact) mass is 429 g/mol. The highest BCUT2D eigenvalue weighted by Crippen LogP contribution is 2.25. The zero-order valence-electron chi connectivity index (χ0n) is 17.9. The summed E-state index contributed by atoms with van der Waals surface area (Å²) in [7, 11) is -1.93. The minimum Gasteiger partial charge on any atom is -0.350 e. The van der Waals surface area contributed by atoms with Crippen LogP contribution in [0.3, 0.4) is 0 Å². The van der Waals surface area contributed by atoms with Crippen molar-refractivity contribution in [2.45, 2.75) is 50.2 Å². The van der Waals surface area contributed by atoms with E-state index in [0.717, 1.165) is 37.1 Å². The second-order valence-electron chi connectivity index (χ2n) is 8.03. The molecule has 7 heteroatoms. The second-order valence-corrected chi connectivity index (χ2v) is 10.0. The number of rotatable bonds is 8. The van der Waals surface area contributed by atoms with Crippen molar-refractivity contribution >= 4 is 15.9 Å². The molecule has 2 aromatic carbocycles. The summed E-state index contributed by atoms with van der Waals surface area (Å²) in [5.74, 6) is -0.0284. The van der Waals surface area contributed by atoms with E-state index < -0.39 is 10.0 Å². The Morgan fingerprint density at radius 2 is 1.63 bits per heavy atom. The lowest BCUT2D eigenvalue weighted by Gasteiger charge is -2.27. The zero-order valence-corrected chi connectivity index (χ0v) is 18.7. The van der Waals surface area contributed by atoms with Gasteiger partial charge >= 0.3 is 0 Å². The van der Waals surface area contributed by atoms with Gasteiger partial charge in [0, 0.05) is 19.6 Å². The Kier molecular flexibility index (Phi) is 7.28. The van der Waals surface area contributed by atoms with Crippen LogP contribution < -0.4 is 5.32 Å². The van der Waals surface area contributed by atoms with Crippen molar-refractivity contribution in [2.75, 3.05) is 20.1 Å². The van der Waals surface area contributed by atoms with E-state index >= 15 is 0 Å². The summed E-state index contributed by atoms with van der Waals surface area (Å²) in [5, 5.41) is 3.03. The lowest BCUT2D eigenvalue weighted by Crippen LogP contribution is -2.39. The van der Waals surface area contributed by atoms with Gasteiger partial charge in [0.25, 0.3) is 0 Å². The van der Waals surface area contributed by atoms with E-state index in [9.17, 15) is 13.2 Å². The van der Waals surface area contributed by atoms with E-state index in [1.54, 1.807) is 31.3 Å². The van der Waals surface area contributed by atoms with Crippen LogP contribution in [0.1, 0.15) is 43.9 Å². The fourth-order valence-electron chi connectivity index (χ4n) is 3.67. The van der Waals surface area contributed by atoms with Crippen LogP contribution in [0.2, 0.25) is 0 Å². The van der Waals surface area contributed by atoms with Crippen molar-refractivity contribution in [3.05, 3.63) is 65.7 Å². The summed E-state index contributed by atoms with van der Waals surface area (Å²) in [5.41, 5.74) is 1.86. The number of amides is 1. The zero-order chi connectivity index (χ0) is 21.7. The Bertz CT molecular complexity index is 937. The Balaban J connectivity index is 1.69. The molecule has 0 bridgehead atoms. The third kappa shape index (κ3) is 5.09. The lowest BCUT2D eigenvalue weighted by molar-refractivity contribution is -0.126. The van der Waals surface area contributed by atoms with Crippen molar-refractivity contribution in [3.63, 3.8) is 0 Å². The maximum atomic E-state index is 13.0. The standard InChI is InChI=1S/C23H31N3O3S/c1-18(2)25(3)30(28,29)21-13-11-19(12-14-21)17-24-23(27)22(26-15-7-8-16-26)20-9-5-4-6-10-20/h4-6,9-14,18,22H,7-8,15-17H2,1-3H3,(H,24,27). The minimum atomic E-state index is -3.51. The third-order valence-corrected chi connectivity index (χ3v) is 7.71. The van der Waals surface area contributed by atoms with Gasteiger partial charge in [-0.25, -0.2) is 8.42 Å².